The van der Waals surface area contributed by atoms with Crippen LogP contribution in [0.25, 0.3) is 0 Å². The number of carbonyl (C=O) groups is 1. The van der Waals surface area contributed by atoms with Gasteiger partial charge in [-0.25, -0.2) is 0 Å². The second-order valence-electron chi connectivity index (χ2n) is 6.02. The van der Waals surface area contributed by atoms with Gasteiger partial charge in [0.1, 0.15) is 6.54 Å². The van der Waals surface area contributed by atoms with Crippen molar-refractivity contribution in [2.45, 2.75) is 51.0 Å². The van der Waals surface area contributed by atoms with Crippen molar-refractivity contribution < 1.29 is 22.7 Å². The van der Waals surface area contributed by atoms with Crippen LogP contribution in [-0.2, 0) is 16.1 Å². The van der Waals surface area contributed by atoms with Gasteiger partial charge in [-0.15, -0.1) is 0 Å². The van der Waals surface area contributed by atoms with Crippen LogP contribution in [0.3, 0.4) is 0 Å². The van der Waals surface area contributed by atoms with Gasteiger partial charge in [-0.05, 0) is 30.5 Å². The minimum absolute atomic E-state index is 0.205. The van der Waals surface area contributed by atoms with Crippen LogP contribution in [0.5, 0.6) is 0 Å². The first-order valence-corrected chi connectivity index (χ1v) is 8.20. The third-order valence-electron chi connectivity index (χ3n) is 3.90. The monoisotopic (exact) mass is 344 g/mol. The normalized spacial score (nSPS) is 16.0. The highest BCUT2D eigenvalue weighted by molar-refractivity contribution is 5.80. The number of alkyl halides is 3. The molecule has 0 saturated heterocycles. The van der Waals surface area contributed by atoms with E-state index in [2.05, 4.69) is 5.32 Å². The summed E-state index contributed by atoms with van der Waals surface area (Å²) in [6.07, 6.45) is 1.79. The summed E-state index contributed by atoms with van der Waals surface area (Å²) in [5, 5.41) is 4.65. The largest absolute Gasteiger partial charge is 0.405 e. The molecule has 1 aromatic rings. The summed E-state index contributed by atoms with van der Waals surface area (Å²) in [7, 11) is 0. The predicted octanol–water partition coefficient (Wildman–Crippen LogP) is 3.63. The summed E-state index contributed by atoms with van der Waals surface area (Å²) in [5.41, 5.74) is 1.66. The third-order valence-corrected chi connectivity index (χ3v) is 3.90. The van der Waals surface area contributed by atoms with Gasteiger partial charge in [-0.2, -0.15) is 13.2 Å². The fourth-order valence-electron chi connectivity index (χ4n) is 2.66. The van der Waals surface area contributed by atoms with Crippen molar-refractivity contribution in [3.05, 3.63) is 29.8 Å². The predicted molar refractivity (Wildman–Crippen MR) is 85.7 cm³/mol. The minimum atomic E-state index is -4.40. The highest BCUT2D eigenvalue weighted by Gasteiger charge is 2.27. The number of ether oxygens (including phenoxy) is 1. The van der Waals surface area contributed by atoms with Gasteiger partial charge >= 0.3 is 6.18 Å². The van der Waals surface area contributed by atoms with Gasteiger partial charge in [0, 0.05) is 5.69 Å². The molecule has 1 amide bonds. The number of hydrogen-bond donors (Lipinski definition) is 2. The van der Waals surface area contributed by atoms with Crippen molar-refractivity contribution in [3.8, 4) is 0 Å². The Balaban J connectivity index is 1.74. The van der Waals surface area contributed by atoms with E-state index >= 15 is 0 Å². The fourth-order valence-corrected chi connectivity index (χ4v) is 2.66. The van der Waals surface area contributed by atoms with Crippen molar-refractivity contribution >= 4 is 11.6 Å². The van der Waals surface area contributed by atoms with E-state index in [0.29, 0.717) is 18.4 Å². The topological polar surface area (TPSA) is 50.4 Å². The van der Waals surface area contributed by atoms with Crippen LogP contribution in [0, 0.1) is 0 Å². The molecule has 1 saturated carbocycles. The first-order chi connectivity index (χ1) is 11.4. The Morgan fingerprint density at radius 3 is 2.67 bits per heavy atom. The molecule has 0 heterocycles. The van der Waals surface area contributed by atoms with Gasteiger partial charge < -0.3 is 15.4 Å². The van der Waals surface area contributed by atoms with E-state index in [1.807, 2.05) is 23.5 Å². The van der Waals surface area contributed by atoms with Gasteiger partial charge in [0.2, 0.25) is 5.91 Å². The van der Waals surface area contributed by atoms with Crippen LogP contribution in [0.2, 0.25) is 0 Å². The highest BCUT2D eigenvalue weighted by Crippen LogP contribution is 2.22. The summed E-state index contributed by atoms with van der Waals surface area (Å²) in [5.74, 6) is -0.698. The van der Waals surface area contributed by atoms with Gasteiger partial charge in [0.15, 0.2) is 0 Å². The molecule has 134 valence electrons. The van der Waals surface area contributed by atoms with Crippen LogP contribution in [0.15, 0.2) is 24.3 Å². The van der Waals surface area contributed by atoms with Crippen molar-refractivity contribution in [1.29, 1.82) is 0 Å². The summed E-state index contributed by atoms with van der Waals surface area (Å²) in [6, 6.07) is 7.37. The number of carbonyl (C=O) groups excluding carboxylic acids is 1. The maximum atomic E-state index is 12.0. The number of hydrogen-bond acceptors (Lipinski definition) is 3. The quantitative estimate of drug-likeness (QED) is 0.794. The molecule has 0 atom stereocenters. The lowest BCUT2D eigenvalue weighted by Crippen LogP contribution is -2.37. The molecule has 7 heteroatoms. The average Bonchev–Trinajstić information content (AvgIpc) is 2.57. The van der Waals surface area contributed by atoms with Crippen LogP contribution < -0.4 is 10.6 Å². The molecule has 4 nitrogen and oxygen atoms in total. The van der Waals surface area contributed by atoms with E-state index in [0.717, 1.165) is 18.4 Å². The number of nitrogens with one attached hydrogen (secondary N) is 2. The van der Waals surface area contributed by atoms with E-state index in [9.17, 15) is 18.0 Å². The van der Waals surface area contributed by atoms with Gasteiger partial charge in [-0.1, -0.05) is 31.4 Å². The number of benzene rings is 1. The number of amides is 1. The SMILES string of the molecule is O=C(CNc1cccc(COC2CCCCC2)c1)NCC(F)(F)F. The molecule has 2 rings (SSSR count). The average molecular weight is 344 g/mol. The Hall–Kier alpha value is -1.76. The zero-order valence-electron chi connectivity index (χ0n) is 13.5. The lowest BCUT2D eigenvalue weighted by Gasteiger charge is -2.22. The van der Waals surface area contributed by atoms with Crippen molar-refractivity contribution in [2.75, 3.05) is 18.4 Å². The van der Waals surface area contributed by atoms with Crippen molar-refractivity contribution in [2.24, 2.45) is 0 Å². The molecule has 0 radical (unpaired) electrons. The zero-order valence-corrected chi connectivity index (χ0v) is 13.5. The summed E-state index contributed by atoms with van der Waals surface area (Å²) < 4.78 is 42.0. The van der Waals surface area contributed by atoms with Crippen molar-refractivity contribution in [3.63, 3.8) is 0 Å². The van der Waals surface area contributed by atoms with Gasteiger partial charge in [0.05, 0.1) is 19.3 Å². The second-order valence-corrected chi connectivity index (χ2v) is 6.02. The van der Waals surface area contributed by atoms with Crippen LogP contribution >= 0.6 is 0 Å². The molecule has 0 bridgehead atoms. The summed E-state index contributed by atoms with van der Waals surface area (Å²) in [6.45, 7) is -1.02. The highest BCUT2D eigenvalue weighted by atomic mass is 19.4. The molecule has 1 fully saturated rings. The number of halogens is 3. The van der Waals surface area contributed by atoms with Crippen LogP contribution in [-0.4, -0.2) is 31.3 Å². The molecule has 0 unspecified atom stereocenters. The maximum Gasteiger partial charge on any atom is 0.405 e. The lowest BCUT2D eigenvalue weighted by atomic mass is 9.98. The molecular formula is C17H23F3N2O2. The molecule has 24 heavy (non-hydrogen) atoms. The van der Waals surface area contributed by atoms with Crippen molar-refractivity contribution in [1.82, 2.24) is 5.32 Å². The van der Waals surface area contributed by atoms with E-state index in [-0.39, 0.29) is 6.54 Å². The van der Waals surface area contributed by atoms with E-state index < -0.39 is 18.6 Å². The summed E-state index contributed by atoms with van der Waals surface area (Å²) in [4.78, 5) is 11.4. The second kappa shape index (κ2) is 8.92. The zero-order chi connectivity index (χ0) is 17.4. The Labute approximate surface area is 139 Å². The molecule has 2 N–H and O–H groups in total. The molecule has 1 aliphatic carbocycles. The summed E-state index contributed by atoms with van der Waals surface area (Å²) >= 11 is 0. The van der Waals surface area contributed by atoms with E-state index in [4.69, 9.17) is 4.74 Å². The Morgan fingerprint density at radius 2 is 1.96 bits per heavy atom. The number of rotatable bonds is 7. The Morgan fingerprint density at radius 1 is 1.21 bits per heavy atom. The van der Waals surface area contributed by atoms with Crippen LogP contribution in [0.4, 0.5) is 18.9 Å². The number of anilines is 1. The third kappa shape index (κ3) is 7.21. The van der Waals surface area contributed by atoms with E-state index in [1.54, 1.807) is 6.07 Å². The first-order valence-electron chi connectivity index (χ1n) is 8.20. The molecule has 1 aliphatic rings. The molecule has 0 aliphatic heterocycles. The Kier molecular flexibility index (Phi) is 6.90. The van der Waals surface area contributed by atoms with E-state index in [1.165, 1.54) is 19.3 Å². The van der Waals surface area contributed by atoms with Gasteiger partial charge in [0.25, 0.3) is 0 Å². The van der Waals surface area contributed by atoms with Crippen LogP contribution in [0.1, 0.15) is 37.7 Å². The molecule has 0 spiro atoms. The first kappa shape index (κ1) is 18.6. The molecular weight excluding hydrogens is 321 g/mol. The molecule has 1 aromatic carbocycles. The molecule has 0 aromatic heterocycles. The minimum Gasteiger partial charge on any atom is -0.376 e. The smallest absolute Gasteiger partial charge is 0.376 e. The lowest BCUT2D eigenvalue weighted by molar-refractivity contribution is -0.137. The Bertz CT molecular complexity index is 529. The van der Waals surface area contributed by atoms with Gasteiger partial charge in [-0.3, -0.25) is 4.79 Å². The standard InChI is InChI=1S/C17H23F3N2O2/c18-17(19,20)12-22-16(23)10-21-14-6-4-5-13(9-14)11-24-15-7-2-1-3-8-15/h4-6,9,15,21H,1-3,7-8,10-12H2,(H,22,23). The fraction of sp³-hybridized carbons (Fsp3) is 0.588. The maximum absolute atomic E-state index is 12.0.